The highest BCUT2D eigenvalue weighted by atomic mass is 16.7. The first-order valence-electron chi connectivity index (χ1n) is 12.3. The third-order valence-electron chi connectivity index (χ3n) is 7.58. The van der Waals surface area contributed by atoms with Crippen molar-refractivity contribution in [2.75, 3.05) is 37.3 Å². The smallest absolute Gasteiger partial charge is 0.336 e. The lowest BCUT2D eigenvalue weighted by Crippen LogP contribution is -2.64. The molecule has 1 saturated heterocycles. The first-order valence-corrected chi connectivity index (χ1v) is 12.3. The molecule has 1 N–H and O–H groups in total. The van der Waals surface area contributed by atoms with E-state index in [9.17, 15) is 9.59 Å². The third kappa shape index (κ3) is 3.17. The maximum absolute atomic E-state index is 13.7. The van der Waals surface area contributed by atoms with Crippen molar-refractivity contribution in [3.8, 4) is 17.2 Å². The standard InChI is InChI=1S/C29H24N2O7/c1-34-21-12-17(13-22-26(21)38-16-37-22)23-24-20(14-35-27(24)32)31(19-10-6-3-7-11-19)29(15-36-28(33)25(23)29)30-18-8-4-2-5-9-18/h2-13,23,25,30H,14-16H2,1H3/t23-,25-,29+/m1/s1. The Morgan fingerprint density at radius 1 is 0.947 bits per heavy atom. The predicted octanol–water partition coefficient (Wildman–Crippen LogP) is 3.82. The molecule has 1 fully saturated rings. The molecule has 0 amide bonds. The van der Waals surface area contributed by atoms with E-state index in [-0.39, 0.29) is 20.0 Å². The summed E-state index contributed by atoms with van der Waals surface area (Å²) in [6, 6.07) is 22.9. The quantitative estimate of drug-likeness (QED) is 0.512. The van der Waals surface area contributed by atoms with Crippen molar-refractivity contribution in [2.24, 2.45) is 5.92 Å². The molecule has 4 aliphatic heterocycles. The van der Waals surface area contributed by atoms with Gasteiger partial charge >= 0.3 is 11.9 Å². The normalized spacial score (nSPS) is 25.0. The summed E-state index contributed by atoms with van der Waals surface area (Å²) >= 11 is 0. The van der Waals surface area contributed by atoms with E-state index in [0.717, 1.165) is 11.4 Å². The number of esters is 2. The lowest BCUT2D eigenvalue weighted by molar-refractivity contribution is -0.141. The number of ether oxygens (including phenoxy) is 5. The zero-order valence-electron chi connectivity index (χ0n) is 20.5. The van der Waals surface area contributed by atoms with Crippen LogP contribution in [-0.2, 0) is 19.1 Å². The lowest BCUT2D eigenvalue weighted by Gasteiger charge is -2.50. The number of nitrogens with one attached hydrogen (secondary N) is 1. The monoisotopic (exact) mass is 512 g/mol. The summed E-state index contributed by atoms with van der Waals surface area (Å²) < 4.78 is 28.3. The van der Waals surface area contributed by atoms with E-state index in [0.29, 0.717) is 34.1 Å². The molecule has 3 aromatic carbocycles. The van der Waals surface area contributed by atoms with E-state index in [1.54, 1.807) is 13.2 Å². The maximum Gasteiger partial charge on any atom is 0.336 e. The average Bonchev–Trinajstić information content (AvgIpc) is 3.66. The van der Waals surface area contributed by atoms with Gasteiger partial charge in [-0.3, -0.25) is 4.79 Å². The van der Waals surface area contributed by atoms with Crippen LogP contribution in [0.4, 0.5) is 11.4 Å². The van der Waals surface area contributed by atoms with Crippen LogP contribution in [0.1, 0.15) is 11.5 Å². The second kappa shape index (κ2) is 8.44. The van der Waals surface area contributed by atoms with E-state index in [2.05, 4.69) is 5.32 Å². The fourth-order valence-electron chi connectivity index (χ4n) is 6.07. The second-order valence-corrected chi connectivity index (χ2v) is 9.54. The highest BCUT2D eigenvalue weighted by molar-refractivity contribution is 5.99. The van der Waals surface area contributed by atoms with Gasteiger partial charge in [-0.05, 0) is 42.0 Å². The fraction of sp³-hybridized carbons (Fsp3) is 0.241. The number of rotatable bonds is 5. The maximum atomic E-state index is 13.7. The number of nitrogens with zero attached hydrogens (tertiary/aromatic N) is 1. The number of hydrogen-bond acceptors (Lipinski definition) is 9. The van der Waals surface area contributed by atoms with Gasteiger partial charge in [0.1, 0.15) is 19.1 Å². The Hall–Kier alpha value is -4.66. The second-order valence-electron chi connectivity index (χ2n) is 9.54. The first kappa shape index (κ1) is 22.5. The summed E-state index contributed by atoms with van der Waals surface area (Å²) in [4.78, 5) is 29.1. The van der Waals surface area contributed by atoms with E-state index < -0.39 is 29.4 Å². The van der Waals surface area contributed by atoms with Crippen molar-refractivity contribution in [2.45, 2.75) is 11.6 Å². The summed E-state index contributed by atoms with van der Waals surface area (Å²) in [6.07, 6.45) is 0. The molecule has 0 aliphatic carbocycles. The molecule has 38 heavy (non-hydrogen) atoms. The van der Waals surface area contributed by atoms with Crippen LogP contribution in [0.3, 0.4) is 0 Å². The predicted molar refractivity (Wildman–Crippen MR) is 136 cm³/mol. The Balaban J connectivity index is 1.50. The molecule has 0 spiro atoms. The van der Waals surface area contributed by atoms with Gasteiger partial charge in [-0.25, -0.2) is 4.79 Å². The molecule has 4 aliphatic rings. The molecule has 7 rings (SSSR count). The van der Waals surface area contributed by atoms with Gasteiger partial charge in [-0.1, -0.05) is 36.4 Å². The SMILES string of the molecule is COc1cc([C@@H]2C3=C(COC3=O)N(c3ccccc3)[C@@]3(Nc4ccccc4)COC(=O)[C@@H]23)cc2c1OCO2. The van der Waals surface area contributed by atoms with Gasteiger partial charge in [0.15, 0.2) is 17.2 Å². The number of fused-ring (bicyclic) bond motifs is 2. The molecule has 4 heterocycles. The Morgan fingerprint density at radius 2 is 1.71 bits per heavy atom. The van der Waals surface area contributed by atoms with Crippen LogP contribution in [-0.4, -0.2) is 44.7 Å². The van der Waals surface area contributed by atoms with Crippen LogP contribution in [0.15, 0.2) is 84.1 Å². The summed E-state index contributed by atoms with van der Waals surface area (Å²) in [6.45, 7) is 0.187. The van der Waals surface area contributed by atoms with E-state index in [1.807, 2.05) is 71.6 Å². The van der Waals surface area contributed by atoms with Gasteiger partial charge in [0.2, 0.25) is 12.5 Å². The Bertz CT molecular complexity index is 1470. The Kier molecular flexibility index (Phi) is 5.01. The average molecular weight is 513 g/mol. The summed E-state index contributed by atoms with van der Waals surface area (Å²) in [5, 5.41) is 3.64. The van der Waals surface area contributed by atoms with Crippen molar-refractivity contribution >= 4 is 23.3 Å². The molecule has 9 heteroatoms. The first-order chi connectivity index (χ1) is 18.6. The lowest BCUT2D eigenvalue weighted by atomic mass is 9.70. The van der Waals surface area contributed by atoms with Crippen LogP contribution in [0, 0.1) is 5.92 Å². The van der Waals surface area contributed by atoms with Gasteiger partial charge in [-0.2, -0.15) is 0 Å². The Labute approximate surface area is 218 Å². The minimum Gasteiger partial charge on any atom is -0.493 e. The number of carbonyl (C=O) groups is 2. The van der Waals surface area contributed by atoms with Crippen LogP contribution in [0.25, 0.3) is 0 Å². The highest BCUT2D eigenvalue weighted by Crippen LogP contribution is 2.56. The molecule has 0 unspecified atom stereocenters. The van der Waals surface area contributed by atoms with Crippen LogP contribution < -0.4 is 24.4 Å². The molecule has 3 aromatic rings. The van der Waals surface area contributed by atoms with Crippen LogP contribution >= 0.6 is 0 Å². The largest absolute Gasteiger partial charge is 0.493 e. The van der Waals surface area contributed by atoms with E-state index in [4.69, 9.17) is 23.7 Å². The minimum absolute atomic E-state index is 0.0581. The van der Waals surface area contributed by atoms with Gasteiger partial charge in [0.25, 0.3) is 0 Å². The molecule has 0 aromatic heterocycles. The highest BCUT2D eigenvalue weighted by Gasteiger charge is 2.65. The van der Waals surface area contributed by atoms with Crippen LogP contribution in [0.2, 0.25) is 0 Å². The van der Waals surface area contributed by atoms with Gasteiger partial charge in [0.05, 0.1) is 18.4 Å². The number of cyclic esters (lactones) is 2. The molecular formula is C29H24N2O7. The van der Waals surface area contributed by atoms with Crippen molar-refractivity contribution in [1.82, 2.24) is 0 Å². The van der Waals surface area contributed by atoms with Crippen LogP contribution in [0.5, 0.6) is 17.2 Å². The molecule has 0 bridgehead atoms. The van der Waals surface area contributed by atoms with Crippen molar-refractivity contribution < 1.29 is 33.3 Å². The number of benzene rings is 3. The summed E-state index contributed by atoms with van der Waals surface area (Å²) in [7, 11) is 1.54. The van der Waals surface area contributed by atoms with Crippen molar-refractivity contribution in [1.29, 1.82) is 0 Å². The molecular weight excluding hydrogens is 488 g/mol. The van der Waals surface area contributed by atoms with Gasteiger partial charge in [-0.15, -0.1) is 0 Å². The Morgan fingerprint density at radius 3 is 2.47 bits per heavy atom. The number of carbonyl (C=O) groups excluding carboxylic acids is 2. The molecule has 192 valence electrons. The summed E-state index contributed by atoms with van der Waals surface area (Å²) in [5.74, 6) is -0.929. The zero-order chi connectivity index (χ0) is 25.9. The van der Waals surface area contributed by atoms with Crippen molar-refractivity contribution in [3.05, 3.63) is 89.6 Å². The molecule has 0 radical (unpaired) electrons. The molecule has 9 nitrogen and oxygen atoms in total. The third-order valence-corrected chi connectivity index (χ3v) is 7.58. The van der Waals surface area contributed by atoms with Gasteiger partial charge < -0.3 is 33.9 Å². The summed E-state index contributed by atoms with van der Waals surface area (Å²) in [5.41, 5.74) is 2.35. The zero-order valence-corrected chi connectivity index (χ0v) is 20.5. The number of methoxy groups -OCH3 is 1. The topological polar surface area (TPSA) is 95.6 Å². The molecule has 0 saturated carbocycles. The van der Waals surface area contributed by atoms with Crippen molar-refractivity contribution in [3.63, 3.8) is 0 Å². The fourth-order valence-corrected chi connectivity index (χ4v) is 6.07. The molecule has 3 atom stereocenters. The van der Waals surface area contributed by atoms with E-state index >= 15 is 0 Å². The minimum atomic E-state index is -1.05. The van der Waals surface area contributed by atoms with E-state index in [1.165, 1.54) is 0 Å². The van der Waals surface area contributed by atoms with Gasteiger partial charge in [0, 0.05) is 17.3 Å². The number of hydrogen-bond donors (Lipinski definition) is 1. The number of para-hydroxylation sites is 2. The number of anilines is 2.